The molecule has 32 heavy (non-hydrogen) atoms. The fraction of sp³-hybridized carbons (Fsp3) is 0.292. The topological polar surface area (TPSA) is 69.5 Å². The van der Waals surface area contributed by atoms with E-state index in [-0.39, 0.29) is 23.8 Å². The zero-order valence-corrected chi connectivity index (χ0v) is 19.0. The minimum absolute atomic E-state index is 0.0150. The summed E-state index contributed by atoms with van der Waals surface area (Å²) < 4.78 is 13.9. The van der Waals surface area contributed by atoms with Crippen LogP contribution in [0.2, 0.25) is 0 Å². The van der Waals surface area contributed by atoms with E-state index in [4.69, 9.17) is 9.47 Å². The molecule has 1 aliphatic heterocycles. The summed E-state index contributed by atoms with van der Waals surface area (Å²) in [6.45, 7) is 6.72. The number of ether oxygens (including phenoxy) is 2. The van der Waals surface area contributed by atoms with E-state index in [9.17, 15) is 4.79 Å². The lowest BCUT2D eigenvalue weighted by atomic mass is 10.1. The third kappa shape index (κ3) is 4.65. The highest BCUT2D eigenvalue weighted by atomic mass is 32.2. The average Bonchev–Trinajstić information content (AvgIpc) is 3.24. The number of amides is 1. The van der Waals surface area contributed by atoms with Gasteiger partial charge in [-0.1, -0.05) is 60.3 Å². The van der Waals surface area contributed by atoms with E-state index < -0.39 is 0 Å². The van der Waals surface area contributed by atoms with E-state index in [0.717, 1.165) is 5.56 Å². The molecule has 1 aromatic heterocycles. The largest absolute Gasteiger partial charge is 0.485 e. The van der Waals surface area contributed by atoms with Crippen molar-refractivity contribution in [1.29, 1.82) is 0 Å². The average molecular weight is 451 g/mol. The Morgan fingerprint density at radius 1 is 1.22 bits per heavy atom. The Bertz CT molecular complexity index is 1090. The van der Waals surface area contributed by atoms with Gasteiger partial charge in [-0.05, 0) is 24.6 Å². The van der Waals surface area contributed by atoms with E-state index in [2.05, 4.69) is 16.8 Å². The second-order valence-corrected chi connectivity index (χ2v) is 8.43. The predicted molar refractivity (Wildman–Crippen MR) is 124 cm³/mol. The van der Waals surface area contributed by atoms with Crippen LogP contribution in [-0.2, 0) is 11.3 Å². The van der Waals surface area contributed by atoms with Gasteiger partial charge in [-0.2, -0.15) is 0 Å². The van der Waals surface area contributed by atoms with Crippen LogP contribution < -0.4 is 9.47 Å². The van der Waals surface area contributed by atoms with Crippen LogP contribution in [0.5, 0.6) is 11.5 Å². The molecule has 2 heterocycles. The zero-order chi connectivity index (χ0) is 22.5. The van der Waals surface area contributed by atoms with Crippen LogP contribution in [0.15, 0.2) is 72.4 Å². The second-order valence-electron chi connectivity index (χ2n) is 7.48. The number of benzene rings is 2. The number of allylic oxidation sites excluding steroid dienone is 1. The van der Waals surface area contributed by atoms with E-state index in [1.54, 1.807) is 11.0 Å². The molecule has 0 N–H and O–H groups in total. The molecular formula is C24H26N4O3S. The van der Waals surface area contributed by atoms with Crippen molar-refractivity contribution in [3.05, 3.63) is 78.6 Å². The summed E-state index contributed by atoms with van der Waals surface area (Å²) in [5.74, 6) is 2.33. The van der Waals surface area contributed by atoms with Gasteiger partial charge in [-0.3, -0.25) is 9.36 Å². The highest BCUT2D eigenvalue weighted by Gasteiger charge is 2.28. The van der Waals surface area contributed by atoms with Gasteiger partial charge in [0, 0.05) is 13.6 Å². The SMILES string of the molecule is C=CCn1c(SCC(=O)N(C)[C@@H](C)c2ccccc2)nnc1[C@@H]1COc2ccccc2O1. The number of fused-ring (bicyclic) bond motifs is 1. The fourth-order valence-corrected chi connectivity index (χ4v) is 4.37. The molecule has 8 heteroatoms. The van der Waals surface area contributed by atoms with Crippen molar-refractivity contribution in [3.8, 4) is 11.5 Å². The fourth-order valence-electron chi connectivity index (χ4n) is 3.49. The van der Waals surface area contributed by atoms with Crippen LogP contribution >= 0.6 is 11.8 Å². The first kappa shape index (κ1) is 22.0. The first-order valence-corrected chi connectivity index (χ1v) is 11.4. The minimum Gasteiger partial charge on any atom is -0.485 e. The van der Waals surface area contributed by atoms with E-state index in [1.807, 2.05) is 73.1 Å². The molecule has 0 fully saturated rings. The molecule has 0 unspecified atom stereocenters. The summed E-state index contributed by atoms with van der Waals surface area (Å²) in [6, 6.07) is 17.5. The molecule has 1 aliphatic rings. The Morgan fingerprint density at radius 3 is 2.69 bits per heavy atom. The first-order valence-electron chi connectivity index (χ1n) is 10.4. The van der Waals surface area contributed by atoms with Gasteiger partial charge in [-0.25, -0.2) is 0 Å². The Morgan fingerprint density at radius 2 is 1.94 bits per heavy atom. The quantitative estimate of drug-likeness (QED) is 0.377. The number of thioether (sulfide) groups is 1. The highest BCUT2D eigenvalue weighted by Crippen LogP contribution is 2.36. The van der Waals surface area contributed by atoms with Crippen LogP contribution in [0.1, 0.15) is 30.5 Å². The smallest absolute Gasteiger partial charge is 0.233 e. The number of carbonyl (C=O) groups excluding carboxylic acids is 1. The number of rotatable bonds is 8. The first-order chi connectivity index (χ1) is 15.6. The Kier molecular flexibility index (Phi) is 6.80. The summed E-state index contributed by atoms with van der Waals surface area (Å²) in [6.07, 6.45) is 1.39. The highest BCUT2D eigenvalue weighted by molar-refractivity contribution is 7.99. The summed E-state index contributed by atoms with van der Waals surface area (Å²) in [7, 11) is 1.82. The molecule has 0 aliphatic carbocycles. The van der Waals surface area contributed by atoms with Gasteiger partial charge in [0.15, 0.2) is 28.6 Å². The maximum absolute atomic E-state index is 12.8. The normalized spacial score (nSPS) is 15.8. The van der Waals surface area contributed by atoms with Crippen LogP contribution in [0.25, 0.3) is 0 Å². The molecule has 0 saturated heterocycles. The summed E-state index contributed by atoms with van der Waals surface area (Å²) in [5.41, 5.74) is 1.10. The zero-order valence-electron chi connectivity index (χ0n) is 18.2. The third-order valence-electron chi connectivity index (χ3n) is 5.43. The molecule has 7 nitrogen and oxygen atoms in total. The molecule has 2 atom stereocenters. The van der Waals surface area contributed by atoms with Crippen molar-refractivity contribution in [3.63, 3.8) is 0 Å². The number of hydrogen-bond acceptors (Lipinski definition) is 6. The molecule has 4 rings (SSSR count). The third-order valence-corrected chi connectivity index (χ3v) is 6.39. The standard InChI is InChI=1S/C24H26N4O3S/c1-4-14-28-23(21-15-30-19-12-8-9-13-20(19)31-21)25-26-24(28)32-16-22(29)27(3)17(2)18-10-6-5-7-11-18/h4-13,17,21H,1,14-16H2,2-3H3/t17-,21-/m0/s1. The molecule has 0 spiro atoms. The lowest BCUT2D eigenvalue weighted by Gasteiger charge is -2.26. The summed E-state index contributed by atoms with van der Waals surface area (Å²) in [5, 5.41) is 9.32. The molecule has 3 aromatic rings. The van der Waals surface area contributed by atoms with Gasteiger partial charge >= 0.3 is 0 Å². The van der Waals surface area contributed by atoms with Crippen LogP contribution in [0.3, 0.4) is 0 Å². The van der Waals surface area contributed by atoms with Gasteiger partial charge in [-0.15, -0.1) is 16.8 Å². The molecule has 2 aromatic carbocycles. The van der Waals surface area contributed by atoms with Crippen molar-refractivity contribution >= 4 is 17.7 Å². The number of carbonyl (C=O) groups is 1. The summed E-state index contributed by atoms with van der Waals surface area (Å²) in [4.78, 5) is 14.6. The minimum atomic E-state index is -0.386. The Balaban J connectivity index is 1.45. The molecule has 0 saturated carbocycles. The maximum Gasteiger partial charge on any atom is 0.233 e. The monoisotopic (exact) mass is 450 g/mol. The second kappa shape index (κ2) is 9.91. The van der Waals surface area contributed by atoms with Gasteiger partial charge < -0.3 is 14.4 Å². The molecule has 1 amide bonds. The lowest BCUT2D eigenvalue weighted by molar-refractivity contribution is -0.128. The molecular weight excluding hydrogens is 424 g/mol. The molecule has 0 radical (unpaired) electrons. The van der Waals surface area contributed by atoms with E-state index in [1.165, 1.54) is 11.8 Å². The number of hydrogen-bond donors (Lipinski definition) is 0. The van der Waals surface area contributed by atoms with Crippen LogP contribution in [0, 0.1) is 0 Å². The van der Waals surface area contributed by atoms with Crippen LogP contribution in [0.4, 0.5) is 0 Å². The Labute approximate surface area is 192 Å². The molecule has 166 valence electrons. The maximum atomic E-state index is 12.8. The number of aromatic nitrogens is 3. The van der Waals surface area contributed by atoms with E-state index >= 15 is 0 Å². The number of nitrogens with zero attached hydrogens (tertiary/aromatic N) is 4. The van der Waals surface area contributed by atoms with Gasteiger partial charge in [0.25, 0.3) is 0 Å². The van der Waals surface area contributed by atoms with Crippen molar-refractivity contribution in [2.24, 2.45) is 0 Å². The van der Waals surface area contributed by atoms with Crippen molar-refractivity contribution in [2.45, 2.75) is 30.8 Å². The van der Waals surface area contributed by atoms with Crippen molar-refractivity contribution in [2.75, 3.05) is 19.4 Å². The van der Waals surface area contributed by atoms with Crippen molar-refractivity contribution < 1.29 is 14.3 Å². The van der Waals surface area contributed by atoms with E-state index in [0.29, 0.717) is 35.6 Å². The van der Waals surface area contributed by atoms with Crippen molar-refractivity contribution in [1.82, 2.24) is 19.7 Å². The van der Waals surface area contributed by atoms with Crippen LogP contribution in [-0.4, -0.2) is 45.0 Å². The number of para-hydroxylation sites is 2. The Hall–Kier alpha value is -3.26. The van der Waals surface area contributed by atoms with Gasteiger partial charge in [0.2, 0.25) is 5.91 Å². The predicted octanol–water partition coefficient (Wildman–Crippen LogP) is 4.29. The lowest BCUT2D eigenvalue weighted by Crippen LogP contribution is -2.31. The summed E-state index contributed by atoms with van der Waals surface area (Å²) >= 11 is 1.36. The van der Waals surface area contributed by atoms with Gasteiger partial charge in [0.05, 0.1) is 11.8 Å². The van der Waals surface area contributed by atoms with Gasteiger partial charge in [0.1, 0.15) is 6.61 Å². The molecule has 0 bridgehead atoms.